The largest absolute Gasteiger partial charge is 0.377 e. The molecule has 0 aliphatic rings. The Balaban J connectivity index is 3.17. The second kappa shape index (κ2) is 4.13. The molecule has 0 saturated heterocycles. The van der Waals surface area contributed by atoms with Crippen LogP contribution in [0.3, 0.4) is 0 Å². The van der Waals surface area contributed by atoms with Crippen LogP contribution in [0.1, 0.15) is 18.1 Å². The van der Waals surface area contributed by atoms with Gasteiger partial charge in [0.25, 0.3) is 0 Å². The third kappa shape index (κ3) is 2.11. The van der Waals surface area contributed by atoms with Gasteiger partial charge in [-0.05, 0) is 23.6 Å². The fourth-order valence-corrected chi connectivity index (χ4v) is 1.37. The molecule has 0 amide bonds. The molecule has 0 fully saturated rings. The van der Waals surface area contributed by atoms with Gasteiger partial charge >= 0.3 is 0 Å². The highest BCUT2D eigenvalue weighted by Gasteiger charge is 2.01. The second-order valence-corrected chi connectivity index (χ2v) is 3.35. The molecule has 1 heteroatoms. The number of anilines is 1. The summed E-state index contributed by atoms with van der Waals surface area (Å²) in [6, 6.07) is 6.50. The molecule has 0 aliphatic heterocycles. The van der Waals surface area contributed by atoms with Crippen molar-refractivity contribution >= 4 is 11.8 Å². The summed E-state index contributed by atoms with van der Waals surface area (Å²) in [5.74, 6) is 0. The summed E-state index contributed by atoms with van der Waals surface area (Å²) in [6.07, 6.45) is 2.98. The number of nitrogens with zero attached hydrogens (tertiary/aromatic N) is 1. The van der Waals surface area contributed by atoms with Gasteiger partial charge in [-0.25, -0.2) is 0 Å². The van der Waals surface area contributed by atoms with Crippen molar-refractivity contribution in [1.82, 2.24) is 0 Å². The van der Waals surface area contributed by atoms with Crippen LogP contribution in [0.4, 0.5) is 5.69 Å². The number of hydrogen-bond donors (Lipinski definition) is 0. The highest BCUT2D eigenvalue weighted by molar-refractivity contribution is 5.67. The van der Waals surface area contributed by atoms with Crippen molar-refractivity contribution in [3.63, 3.8) is 0 Å². The van der Waals surface area contributed by atoms with Crippen LogP contribution in [0.5, 0.6) is 0 Å². The molecule has 0 aromatic heterocycles. The SMILES string of the molecule is C=Cc1ccc(CC)cc1N(C)C. The predicted octanol–water partition coefficient (Wildman–Crippen LogP) is 2.96. The monoisotopic (exact) mass is 175 g/mol. The van der Waals surface area contributed by atoms with Gasteiger partial charge in [-0.15, -0.1) is 0 Å². The van der Waals surface area contributed by atoms with E-state index >= 15 is 0 Å². The van der Waals surface area contributed by atoms with Crippen LogP contribution in [-0.2, 0) is 6.42 Å². The highest BCUT2D eigenvalue weighted by Crippen LogP contribution is 2.21. The summed E-state index contributed by atoms with van der Waals surface area (Å²) in [6.45, 7) is 5.97. The number of aryl methyl sites for hydroxylation is 1. The molecule has 0 unspecified atom stereocenters. The van der Waals surface area contributed by atoms with Crippen molar-refractivity contribution in [1.29, 1.82) is 0 Å². The zero-order chi connectivity index (χ0) is 9.84. The lowest BCUT2D eigenvalue weighted by atomic mass is 10.1. The van der Waals surface area contributed by atoms with Gasteiger partial charge in [0.15, 0.2) is 0 Å². The maximum Gasteiger partial charge on any atom is 0.0437 e. The maximum absolute atomic E-state index is 3.80. The molecule has 0 bridgehead atoms. The standard InChI is InChI=1S/C12H17N/c1-5-10-7-8-11(6-2)12(9-10)13(3)4/h6-9H,2,5H2,1,3-4H3. The molecule has 13 heavy (non-hydrogen) atoms. The Kier molecular flexibility index (Phi) is 3.13. The molecular weight excluding hydrogens is 158 g/mol. The lowest BCUT2D eigenvalue weighted by molar-refractivity contribution is 1.09. The van der Waals surface area contributed by atoms with Crippen LogP contribution >= 0.6 is 0 Å². The molecule has 0 saturated carbocycles. The smallest absolute Gasteiger partial charge is 0.0437 e. The summed E-state index contributed by atoms with van der Waals surface area (Å²) in [7, 11) is 4.11. The average molecular weight is 175 g/mol. The summed E-state index contributed by atoms with van der Waals surface area (Å²) in [4.78, 5) is 2.12. The minimum atomic E-state index is 1.08. The molecule has 0 aliphatic carbocycles. The molecule has 1 nitrogen and oxygen atoms in total. The first-order valence-electron chi connectivity index (χ1n) is 4.61. The Bertz CT molecular complexity index is 300. The van der Waals surface area contributed by atoms with Crippen molar-refractivity contribution in [2.75, 3.05) is 19.0 Å². The van der Waals surface area contributed by atoms with Gasteiger partial charge in [0.1, 0.15) is 0 Å². The van der Waals surface area contributed by atoms with Crippen LogP contribution in [0.2, 0.25) is 0 Å². The van der Waals surface area contributed by atoms with Crippen LogP contribution in [0, 0.1) is 0 Å². The van der Waals surface area contributed by atoms with E-state index in [2.05, 4.69) is 50.7 Å². The highest BCUT2D eigenvalue weighted by atomic mass is 15.1. The minimum absolute atomic E-state index is 1.08. The molecule has 1 aromatic carbocycles. The van der Waals surface area contributed by atoms with Gasteiger partial charge in [0, 0.05) is 19.8 Å². The van der Waals surface area contributed by atoms with Crippen molar-refractivity contribution < 1.29 is 0 Å². The van der Waals surface area contributed by atoms with Crippen LogP contribution in [0.15, 0.2) is 24.8 Å². The lowest BCUT2D eigenvalue weighted by Crippen LogP contribution is -2.10. The average Bonchev–Trinajstić information content (AvgIpc) is 2.16. The first kappa shape index (κ1) is 9.85. The van der Waals surface area contributed by atoms with Crippen molar-refractivity contribution in [2.45, 2.75) is 13.3 Å². The molecule has 1 rings (SSSR count). The zero-order valence-corrected chi connectivity index (χ0v) is 8.67. The topological polar surface area (TPSA) is 3.24 Å². The Hall–Kier alpha value is -1.24. The molecule has 0 spiro atoms. The lowest BCUT2D eigenvalue weighted by Gasteiger charge is -2.16. The van der Waals surface area contributed by atoms with Gasteiger partial charge in [-0.1, -0.05) is 31.7 Å². The Morgan fingerprint density at radius 1 is 1.38 bits per heavy atom. The van der Waals surface area contributed by atoms with E-state index in [0.29, 0.717) is 0 Å². The van der Waals surface area contributed by atoms with E-state index in [1.54, 1.807) is 0 Å². The van der Waals surface area contributed by atoms with Crippen molar-refractivity contribution in [3.8, 4) is 0 Å². The van der Waals surface area contributed by atoms with Crippen molar-refractivity contribution in [2.24, 2.45) is 0 Å². The summed E-state index contributed by atoms with van der Waals surface area (Å²) in [5, 5.41) is 0. The van der Waals surface area contributed by atoms with E-state index in [4.69, 9.17) is 0 Å². The quantitative estimate of drug-likeness (QED) is 0.682. The fraction of sp³-hybridized carbons (Fsp3) is 0.333. The molecule has 70 valence electrons. The van der Waals surface area contributed by atoms with Crippen LogP contribution in [0.25, 0.3) is 6.08 Å². The van der Waals surface area contributed by atoms with Gasteiger partial charge in [-0.3, -0.25) is 0 Å². The van der Waals surface area contributed by atoms with E-state index in [9.17, 15) is 0 Å². The Labute approximate surface area is 80.7 Å². The fourth-order valence-electron chi connectivity index (χ4n) is 1.37. The molecule has 0 radical (unpaired) electrons. The summed E-state index contributed by atoms with van der Waals surface area (Å²) in [5.41, 5.74) is 3.81. The van der Waals surface area contributed by atoms with E-state index in [-0.39, 0.29) is 0 Å². The van der Waals surface area contributed by atoms with Crippen LogP contribution < -0.4 is 4.90 Å². The normalized spacial score (nSPS) is 9.77. The molecule has 0 atom stereocenters. The molecule has 1 aromatic rings. The Morgan fingerprint density at radius 3 is 2.54 bits per heavy atom. The molecular formula is C12H17N. The summed E-state index contributed by atoms with van der Waals surface area (Å²) < 4.78 is 0. The van der Waals surface area contributed by atoms with Crippen LogP contribution in [-0.4, -0.2) is 14.1 Å². The van der Waals surface area contributed by atoms with E-state index in [0.717, 1.165) is 6.42 Å². The van der Waals surface area contributed by atoms with E-state index < -0.39 is 0 Å². The first-order chi connectivity index (χ1) is 6.19. The van der Waals surface area contributed by atoms with E-state index in [1.165, 1.54) is 16.8 Å². The van der Waals surface area contributed by atoms with Gasteiger partial charge in [0.05, 0.1) is 0 Å². The van der Waals surface area contributed by atoms with E-state index in [1.807, 2.05) is 6.08 Å². The van der Waals surface area contributed by atoms with Gasteiger partial charge in [0.2, 0.25) is 0 Å². The summed E-state index contributed by atoms with van der Waals surface area (Å²) >= 11 is 0. The molecule has 0 N–H and O–H groups in total. The Morgan fingerprint density at radius 2 is 2.08 bits per heavy atom. The van der Waals surface area contributed by atoms with Gasteiger partial charge < -0.3 is 4.90 Å². The number of hydrogen-bond acceptors (Lipinski definition) is 1. The first-order valence-corrected chi connectivity index (χ1v) is 4.61. The van der Waals surface area contributed by atoms with Crippen molar-refractivity contribution in [3.05, 3.63) is 35.9 Å². The third-order valence-electron chi connectivity index (χ3n) is 2.20. The van der Waals surface area contributed by atoms with Gasteiger partial charge in [-0.2, -0.15) is 0 Å². The number of benzene rings is 1. The molecule has 0 heterocycles. The third-order valence-corrected chi connectivity index (χ3v) is 2.20. The maximum atomic E-state index is 3.80. The second-order valence-electron chi connectivity index (χ2n) is 3.35. The predicted molar refractivity (Wildman–Crippen MR) is 60.2 cm³/mol. The zero-order valence-electron chi connectivity index (χ0n) is 8.67. The minimum Gasteiger partial charge on any atom is -0.377 e. The number of rotatable bonds is 3.